The van der Waals surface area contributed by atoms with Crippen LogP contribution in [0, 0.1) is 0 Å². The molecule has 108 valence electrons. The SMILES string of the molecule is COC[C@H]1O[C@H](CC(=O)C(C)=O)[C@@H]2OC(C)(C)O[C@@H]21. The lowest BCUT2D eigenvalue weighted by molar-refractivity contribution is -0.192. The molecule has 0 bridgehead atoms. The van der Waals surface area contributed by atoms with Crippen LogP contribution in [0.25, 0.3) is 0 Å². The maximum absolute atomic E-state index is 11.6. The molecule has 0 aliphatic carbocycles. The Kier molecular flexibility index (Phi) is 4.06. The normalized spacial score (nSPS) is 36.2. The molecular weight excluding hydrogens is 252 g/mol. The number of rotatable bonds is 5. The first-order chi connectivity index (χ1) is 8.84. The topological polar surface area (TPSA) is 71.1 Å². The van der Waals surface area contributed by atoms with Crippen LogP contribution < -0.4 is 0 Å². The molecule has 0 amide bonds. The van der Waals surface area contributed by atoms with E-state index in [0.717, 1.165) is 0 Å². The van der Waals surface area contributed by atoms with Gasteiger partial charge in [-0.3, -0.25) is 9.59 Å². The molecule has 0 aromatic rings. The van der Waals surface area contributed by atoms with Crippen LogP contribution in [0.1, 0.15) is 27.2 Å². The summed E-state index contributed by atoms with van der Waals surface area (Å²) in [6.45, 7) is 5.26. The number of hydrogen-bond acceptors (Lipinski definition) is 6. The van der Waals surface area contributed by atoms with Gasteiger partial charge in [-0.05, 0) is 13.8 Å². The average molecular weight is 272 g/mol. The lowest BCUT2D eigenvalue weighted by Gasteiger charge is -2.23. The Morgan fingerprint density at radius 3 is 2.26 bits per heavy atom. The van der Waals surface area contributed by atoms with Crippen molar-refractivity contribution in [1.82, 2.24) is 0 Å². The van der Waals surface area contributed by atoms with Gasteiger partial charge in [-0.25, -0.2) is 0 Å². The summed E-state index contributed by atoms with van der Waals surface area (Å²) in [4.78, 5) is 22.6. The van der Waals surface area contributed by atoms with Crippen molar-refractivity contribution in [3.63, 3.8) is 0 Å². The van der Waals surface area contributed by atoms with Gasteiger partial charge in [0.2, 0.25) is 5.78 Å². The number of carbonyl (C=O) groups is 2. The van der Waals surface area contributed by atoms with Crippen molar-refractivity contribution in [3.05, 3.63) is 0 Å². The second-order valence-electron chi connectivity index (χ2n) is 5.42. The van der Waals surface area contributed by atoms with Gasteiger partial charge >= 0.3 is 0 Å². The zero-order valence-corrected chi connectivity index (χ0v) is 11.7. The van der Waals surface area contributed by atoms with Crippen molar-refractivity contribution in [3.8, 4) is 0 Å². The van der Waals surface area contributed by atoms with Gasteiger partial charge in [-0.1, -0.05) is 0 Å². The van der Waals surface area contributed by atoms with Gasteiger partial charge in [0.15, 0.2) is 11.6 Å². The maximum atomic E-state index is 11.6. The standard InChI is InChI=1S/C13H20O6/c1-7(14)8(15)5-9-11-12(10(17-9)6-16-4)19-13(2,3)18-11/h9-12H,5-6H2,1-4H3/t9-,10-,11+,12-/m1/s1. The highest BCUT2D eigenvalue weighted by molar-refractivity contribution is 6.36. The molecule has 6 nitrogen and oxygen atoms in total. The molecule has 2 aliphatic heterocycles. The fourth-order valence-corrected chi connectivity index (χ4v) is 2.56. The summed E-state index contributed by atoms with van der Waals surface area (Å²) in [5.41, 5.74) is 0. The Labute approximate surface area is 112 Å². The first kappa shape index (κ1) is 14.6. The summed E-state index contributed by atoms with van der Waals surface area (Å²) in [5.74, 6) is -1.62. The predicted molar refractivity (Wildman–Crippen MR) is 64.7 cm³/mol. The molecule has 0 spiro atoms. The molecule has 0 aromatic carbocycles. The molecule has 4 atom stereocenters. The smallest absolute Gasteiger partial charge is 0.200 e. The highest BCUT2D eigenvalue weighted by Gasteiger charge is 2.55. The number of Topliss-reactive ketones (excluding diaryl/α,β-unsaturated/α-hetero) is 2. The van der Waals surface area contributed by atoms with Gasteiger partial charge in [0.05, 0.1) is 12.7 Å². The quantitative estimate of drug-likeness (QED) is 0.677. The Morgan fingerprint density at radius 1 is 1.16 bits per heavy atom. The first-order valence-corrected chi connectivity index (χ1v) is 6.38. The molecule has 2 rings (SSSR count). The summed E-state index contributed by atoms with van der Waals surface area (Å²) in [7, 11) is 1.58. The fraction of sp³-hybridized carbons (Fsp3) is 0.846. The monoisotopic (exact) mass is 272 g/mol. The van der Waals surface area contributed by atoms with E-state index in [9.17, 15) is 9.59 Å². The van der Waals surface area contributed by atoms with Crippen molar-refractivity contribution < 1.29 is 28.5 Å². The lowest BCUT2D eigenvalue weighted by Crippen LogP contribution is -2.32. The number of ether oxygens (including phenoxy) is 4. The van der Waals surface area contributed by atoms with Crippen molar-refractivity contribution in [1.29, 1.82) is 0 Å². The number of hydrogen-bond donors (Lipinski definition) is 0. The molecule has 2 fully saturated rings. The number of carbonyl (C=O) groups excluding carboxylic acids is 2. The zero-order valence-electron chi connectivity index (χ0n) is 11.7. The Morgan fingerprint density at radius 2 is 1.74 bits per heavy atom. The van der Waals surface area contributed by atoms with Crippen LogP contribution in [0.2, 0.25) is 0 Å². The van der Waals surface area contributed by atoms with Crippen LogP contribution in [0.4, 0.5) is 0 Å². The van der Waals surface area contributed by atoms with Crippen LogP contribution in [0.3, 0.4) is 0 Å². The molecule has 0 radical (unpaired) electrons. The molecule has 2 aliphatic rings. The van der Waals surface area contributed by atoms with Crippen LogP contribution in [-0.4, -0.2) is 55.5 Å². The van der Waals surface area contributed by atoms with Crippen molar-refractivity contribution in [2.45, 2.75) is 57.4 Å². The zero-order chi connectivity index (χ0) is 14.2. The van der Waals surface area contributed by atoms with E-state index in [2.05, 4.69) is 0 Å². The van der Waals surface area contributed by atoms with Gasteiger partial charge in [-0.2, -0.15) is 0 Å². The summed E-state index contributed by atoms with van der Waals surface area (Å²) in [6, 6.07) is 0. The van der Waals surface area contributed by atoms with E-state index in [0.29, 0.717) is 6.61 Å². The largest absolute Gasteiger partial charge is 0.382 e. The van der Waals surface area contributed by atoms with Gasteiger partial charge in [0.1, 0.15) is 18.3 Å². The van der Waals surface area contributed by atoms with Crippen molar-refractivity contribution in [2.24, 2.45) is 0 Å². The molecule has 2 heterocycles. The van der Waals surface area contributed by atoms with Gasteiger partial charge in [0, 0.05) is 20.5 Å². The van der Waals surface area contributed by atoms with E-state index >= 15 is 0 Å². The first-order valence-electron chi connectivity index (χ1n) is 6.38. The minimum absolute atomic E-state index is 0.0240. The number of ketones is 2. The minimum Gasteiger partial charge on any atom is -0.382 e. The molecule has 0 N–H and O–H groups in total. The fourth-order valence-electron chi connectivity index (χ4n) is 2.56. The van der Waals surface area contributed by atoms with E-state index in [1.165, 1.54) is 6.92 Å². The van der Waals surface area contributed by atoms with E-state index in [1.807, 2.05) is 13.8 Å². The van der Waals surface area contributed by atoms with Crippen LogP contribution in [0.15, 0.2) is 0 Å². The molecular formula is C13H20O6. The number of methoxy groups -OCH3 is 1. The van der Waals surface area contributed by atoms with Crippen LogP contribution >= 0.6 is 0 Å². The van der Waals surface area contributed by atoms with E-state index in [1.54, 1.807) is 7.11 Å². The average Bonchev–Trinajstić information content (AvgIpc) is 2.75. The van der Waals surface area contributed by atoms with E-state index in [-0.39, 0.29) is 24.7 Å². The maximum Gasteiger partial charge on any atom is 0.200 e. The van der Waals surface area contributed by atoms with Gasteiger partial charge < -0.3 is 18.9 Å². The van der Waals surface area contributed by atoms with E-state index < -0.39 is 23.5 Å². The van der Waals surface area contributed by atoms with Crippen LogP contribution in [-0.2, 0) is 28.5 Å². The van der Waals surface area contributed by atoms with Crippen molar-refractivity contribution in [2.75, 3.05) is 13.7 Å². The molecule has 2 saturated heterocycles. The Balaban J connectivity index is 2.08. The molecule has 0 unspecified atom stereocenters. The van der Waals surface area contributed by atoms with Crippen molar-refractivity contribution >= 4 is 11.6 Å². The number of fused-ring (bicyclic) bond motifs is 1. The Bertz CT molecular complexity index is 377. The summed E-state index contributed by atoms with van der Waals surface area (Å²) in [6.07, 6.45) is -1.31. The summed E-state index contributed by atoms with van der Waals surface area (Å²) < 4.78 is 22.4. The molecule has 6 heteroatoms. The third-order valence-corrected chi connectivity index (χ3v) is 3.36. The minimum atomic E-state index is -0.706. The van der Waals surface area contributed by atoms with Gasteiger partial charge in [0.25, 0.3) is 0 Å². The highest BCUT2D eigenvalue weighted by atomic mass is 16.8. The summed E-state index contributed by atoms with van der Waals surface area (Å²) >= 11 is 0. The van der Waals surface area contributed by atoms with Gasteiger partial charge in [-0.15, -0.1) is 0 Å². The Hall–Kier alpha value is -0.820. The van der Waals surface area contributed by atoms with Crippen LogP contribution in [0.5, 0.6) is 0 Å². The third kappa shape index (κ3) is 3.02. The second-order valence-corrected chi connectivity index (χ2v) is 5.42. The molecule has 0 aromatic heterocycles. The predicted octanol–water partition coefficient (Wildman–Crippen LogP) is 0.468. The molecule has 19 heavy (non-hydrogen) atoms. The third-order valence-electron chi connectivity index (χ3n) is 3.36. The summed E-state index contributed by atoms with van der Waals surface area (Å²) in [5, 5.41) is 0. The lowest BCUT2D eigenvalue weighted by atomic mass is 10.0. The van der Waals surface area contributed by atoms with E-state index in [4.69, 9.17) is 18.9 Å². The second kappa shape index (κ2) is 5.28. The molecule has 0 saturated carbocycles. The highest BCUT2D eigenvalue weighted by Crippen LogP contribution is 2.39.